The molecular weight excluding hydrogens is 376 g/mol. The molecule has 5 nitrogen and oxygen atoms in total. The Morgan fingerprint density at radius 1 is 1.11 bits per heavy atom. The minimum Gasteiger partial charge on any atom is -0.484 e. The van der Waals surface area contributed by atoms with E-state index in [9.17, 15) is 9.59 Å². The third-order valence-corrected chi connectivity index (χ3v) is 5.12. The van der Waals surface area contributed by atoms with Crippen molar-refractivity contribution in [1.29, 1.82) is 0 Å². The van der Waals surface area contributed by atoms with Crippen LogP contribution in [-0.2, 0) is 4.79 Å². The van der Waals surface area contributed by atoms with E-state index in [-0.39, 0.29) is 24.5 Å². The highest BCUT2D eigenvalue weighted by Gasteiger charge is 2.19. The number of halogens is 1. The molecule has 0 spiro atoms. The van der Waals surface area contributed by atoms with E-state index in [1.54, 1.807) is 24.3 Å². The molecule has 0 saturated heterocycles. The average molecular weight is 401 g/mol. The molecule has 2 aromatic rings. The van der Waals surface area contributed by atoms with Crippen molar-refractivity contribution in [3.05, 3.63) is 58.6 Å². The summed E-state index contributed by atoms with van der Waals surface area (Å²) in [5.74, 6) is 0.130. The van der Waals surface area contributed by atoms with E-state index in [0.717, 1.165) is 31.2 Å². The number of anilines is 1. The van der Waals surface area contributed by atoms with Crippen molar-refractivity contribution in [2.75, 3.05) is 11.9 Å². The minimum absolute atomic E-state index is 0.115. The molecule has 6 heteroatoms. The molecule has 0 radical (unpaired) electrons. The van der Waals surface area contributed by atoms with Gasteiger partial charge < -0.3 is 15.4 Å². The lowest BCUT2D eigenvalue weighted by molar-refractivity contribution is -0.118. The van der Waals surface area contributed by atoms with Crippen LogP contribution < -0.4 is 15.4 Å². The molecule has 148 valence electrons. The second-order valence-corrected chi connectivity index (χ2v) is 7.56. The molecule has 0 unspecified atom stereocenters. The first-order valence-electron chi connectivity index (χ1n) is 9.61. The maximum absolute atomic E-state index is 12.6. The van der Waals surface area contributed by atoms with E-state index in [1.165, 1.54) is 6.42 Å². The normalized spacial score (nSPS) is 14.4. The average Bonchev–Trinajstić information content (AvgIpc) is 2.69. The molecule has 0 heterocycles. The van der Waals surface area contributed by atoms with Crippen molar-refractivity contribution in [2.45, 2.75) is 45.1 Å². The molecule has 0 aromatic heterocycles. The van der Waals surface area contributed by atoms with Gasteiger partial charge in [0.2, 0.25) is 0 Å². The first kappa shape index (κ1) is 20.2. The van der Waals surface area contributed by atoms with Gasteiger partial charge in [0.15, 0.2) is 6.61 Å². The summed E-state index contributed by atoms with van der Waals surface area (Å²) in [5.41, 5.74) is 1.94. The maximum atomic E-state index is 12.6. The molecule has 1 aliphatic carbocycles. The molecule has 3 rings (SSSR count). The van der Waals surface area contributed by atoms with Crippen LogP contribution in [0.1, 0.15) is 48.0 Å². The van der Waals surface area contributed by atoms with E-state index in [0.29, 0.717) is 22.0 Å². The maximum Gasteiger partial charge on any atom is 0.262 e. The standard InChI is InChI=1S/C22H25ClN2O3/c1-15-6-5-9-18(12-15)28-14-21(26)24-17-10-11-20(23)19(13-17)22(27)25-16-7-3-2-4-8-16/h5-6,9-13,16H,2-4,7-8,14H2,1H3,(H,24,26)(H,25,27). The summed E-state index contributed by atoms with van der Waals surface area (Å²) >= 11 is 6.20. The largest absolute Gasteiger partial charge is 0.484 e. The summed E-state index contributed by atoms with van der Waals surface area (Å²) in [6, 6.07) is 12.6. The van der Waals surface area contributed by atoms with Gasteiger partial charge >= 0.3 is 0 Å². The van der Waals surface area contributed by atoms with E-state index in [2.05, 4.69) is 10.6 Å². The van der Waals surface area contributed by atoms with Gasteiger partial charge in [0, 0.05) is 11.7 Å². The van der Waals surface area contributed by atoms with Crippen molar-refractivity contribution < 1.29 is 14.3 Å². The fourth-order valence-corrected chi connectivity index (χ4v) is 3.54. The number of rotatable bonds is 6. The number of benzene rings is 2. The Balaban J connectivity index is 1.58. The molecule has 2 N–H and O–H groups in total. The number of hydrogen-bond donors (Lipinski definition) is 2. The Kier molecular flexibility index (Phi) is 6.93. The van der Waals surface area contributed by atoms with Gasteiger partial charge in [-0.15, -0.1) is 0 Å². The Hall–Kier alpha value is -2.53. The highest BCUT2D eigenvalue weighted by atomic mass is 35.5. The van der Waals surface area contributed by atoms with Crippen molar-refractivity contribution in [2.24, 2.45) is 0 Å². The molecule has 0 atom stereocenters. The highest BCUT2D eigenvalue weighted by Crippen LogP contribution is 2.23. The molecule has 2 amide bonds. The van der Waals surface area contributed by atoms with E-state index >= 15 is 0 Å². The topological polar surface area (TPSA) is 67.4 Å². The van der Waals surface area contributed by atoms with Gasteiger partial charge in [0.05, 0.1) is 10.6 Å². The zero-order valence-electron chi connectivity index (χ0n) is 16.0. The number of carbonyl (C=O) groups excluding carboxylic acids is 2. The zero-order valence-corrected chi connectivity index (χ0v) is 16.7. The van der Waals surface area contributed by atoms with Crippen LogP contribution >= 0.6 is 11.6 Å². The minimum atomic E-state index is -0.303. The van der Waals surface area contributed by atoms with Crippen molar-refractivity contribution in [1.82, 2.24) is 5.32 Å². The molecule has 1 saturated carbocycles. The molecule has 0 bridgehead atoms. The molecular formula is C22H25ClN2O3. The van der Waals surface area contributed by atoms with Crippen molar-refractivity contribution >= 4 is 29.1 Å². The number of hydrogen-bond acceptors (Lipinski definition) is 3. The van der Waals surface area contributed by atoms with Crippen LogP contribution in [-0.4, -0.2) is 24.5 Å². The summed E-state index contributed by atoms with van der Waals surface area (Å²) in [4.78, 5) is 24.8. The third-order valence-electron chi connectivity index (χ3n) is 4.79. The Morgan fingerprint density at radius 2 is 1.89 bits per heavy atom. The molecule has 1 fully saturated rings. The van der Waals surface area contributed by atoms with Gasteiger partial charge in [-0.05, 0) is 55.7 Å². The van der Waals surface area contributed by atoms with Crippen molar-refractivity contribution in [3.63, 3.8) is 0 Å². The lowest BCUT2D eigenvalue weighted by Crippen LogP contribution is -2.36. The second-order valence-electron chi connectivity index (χ2n) is 7.16. The first-order chi connectivity index (χ1) is 13.5. The monoisotopic (exact) mass is 400 g/mol. The van der Waals surface area contributed by atoms with E-state index in [1.807, 2.05) is 25.1 Å². The van der Waals surface area contributed by atoms with Crippen LogP contribution in [0.2, 0.25) is 5.02 Å². The molecule has 0 aliphatic heterocycles. The fourth-order valence-electron chi connectivity index (χ4n) is 3.34. The Bertz CT molecular complexity index is 847. The smallest absolute Gasteiger partial charge is 0.262 e. The SMILES string of the molecule is Cc1cccc(OCC(=O)Nc2ccc(Cl)c(C(=O)NC3CCCCC3)c2)c1. The molecule has 1 aliphatic rings. The van der Waals surface area contributed by atoms with Gasteiger partial charge in [-0.25, -0.2) is 0 Å². The van der Waals surface area contributed by atoms with Crippen LogP contribution in [0.5, 0.6) is 5.75 Å². The van der Waals surface area contributed by atoms with Crippen LogP contribution in [0.15, 0.2) is 42.5 Å². The number of aryl methyl sites for hydroxylation is 1. The van der Waals surface area contributed by atoms with Crippen LogP contribution in [0.25, 0.3) is 0 Å². The van der Waals surface area contributed by atoms with Crippen LogP contribution in [0.3, 0.4) is 0 Å². The first-order valence-corrected chi connectivity index (χ1v) is 9.99. The summed E-state index contributed by atoms with van der Waals surface area (Å²) in [7, 11) is 0. The molecule has 2 aromatic carbocycles. The van der Waals surface area contributed by atoms with E-state index in [4.69, 9.17) is 16.3 Å². The second kappa shape index (κ2) is 9.60. The summed E-state index contributed by atoms with van der Waals surface area (Å²) < 4.78 is 5.51. The number of amides is 2. The number of ether oxygens (including phenoxy) is 1. The summed E-state index contributed by atoms with van der Waals surface area (Å²) in [6.45, 7) is 1.84. The lowest BCUT2D eigenvalue weighted by atomic mass is 9.95. The number of nitrogens with one attached hydrogen (secondary N) is 2. The predicted molar refractivity (Wildman–Crippen MR) is 111 cm³/mol. The zero-order chi connectivity index (χ0) is 19.9. The van der Waals surface area contributed by atoms with Crippen LogP contribution in [0.4, 0.5) is 5.69 Å². The Morgan fingerprint density at radius 3 is 2.64 bits per heavy atom. The Labute approximate surface area is 170 Å². The summed E-state index contributed by atoms with van der Waals surface area (Å²) in [6.07, 6.45) is 5.48. The van der Waals surface area contributed by atoms with Gasteiger partial charge in [0.25, 0.3) is 11.8 Å². The number of carbonyl (C=O) groups is 2. The summed E-state index contributed by atoms with van der Waals surface area (Å²) in [5, 5.41) is 6.16. The third kappa shape index (κ3) is 5.73. The fraction of sp³-hybridized carbons (Fsp3) is 0.364. The predicted octanol–water partition coefficient (Wildman–Crippen LogP) is 4.73. The van der Waals surface area contributed by atoms with E-state index < -0.39 is 0 Å². The highest BCUT2D eigenvalue weighted by molar-refractivity contribution is 6.34. The van der Waals surface area contributed by atoms with Gasteiger partial charge in [-0.2, -0.15) is 0 Å². The van der Waals surface area contributed by atoms with Gasteiger partial charge in [-0.1, -0.05) is 43.0 Å². The van der Waals surface area contributed by atoms with Gasteiger partial charge in [-0.3, -0.25) is 9.59 Å². The lowest BCUT2D eigenvalue weighted by Gasteiger charge is -2.23. The quantitative estimate of drug-likeness (QED) is 0.736. The van der Waals surface area contributed by atoms with Crippen molar-refractivity contribution in [3.8, 4) is 5.75 Å². The van der Waals surface area contributed by atoms with Crippen LogP contribution in [0, 0.1) is 6.92 Å². The van der Waals surface area contributed by atoms with Gasteiger partial charge in [0.1, 0.15) is 5.75 Å². The molecule has 28 heavy (non-hydrogen) atoms.